The number of hydrogen-bond acceptors (Lipinski definition) is 0. The third-order valence-corrected chi connectivity index (χ3v) is 6.41. The second kappa shape index (κ2) is 6.71. The lowest BCUT2D eigenvalue weighted by molar-refractivity contribution is -0.598. The fraction of sp³-hybridized carbons (Fsp3) is 0.250. The van der Waals surface area contributed by atoms with Gasteiger partial charge in [-0.25, -0.2) is 0 Å². The summed E-state index contributed by atoms with van der Waals surface area (Å²) in [6, 6.07) is 13.6. The first kappa shape index (κ1) is 15.7. The molecule has 2 aromatic carbocycles. The average molecular weight is 417 g/mol. The average Bonchev–Trinajstić information content (AvgIpc) is 2.25. The van der Waals surface area contributed by atoms with Crippen LogP contribution >= 0.6 is 0 Å². The first-order valence-electron chi connectivity index (χ1n) is 5.85. The molecule has 2 rings (SSSR count). The molecule has 0 nitrogen and oxygen atoms in total. The first-order valence-corrected chi connectivity index (χ1v) is 8.01. The zero-order valence-corrected chi connectivity index (χ0v) is 15.0. The Labute approximate surface area is 131 Å². The molecule has 96 valence electrons. The van der Waals surface area contributed by atoms with Crippen LogP contribution in [0.15, 0.2) is 36.4 Å². The molecule has 0 unspecified atom stereocenters. The SMILES string of the molecule is Cc1ccc([I+]c2ccc(C)cc2C)c(C)c1.[Br-]. The Morgan fingerprint density at radius 2 is 1.06 bits per heavy atom. The summed E-state index contributed by atoms with van der Waals surface area (Å²) in [6.45, 7) is 8.77. The van der Waals surface area contributed by atoms with Gasteiger partial charge in [0.25, 0.3) is 0 Å². The van der Waals surface area contributed by atoms with E-state index in [0.717, 1.165) is 0 Å². The van der Waals surface area contributed by atoms with Crippen molar-refractivity contribution < 1.29 is 38.2 Å². The van der Waals surface area contributed by atoms with Gasteiger partial charge in [-0.1, -0.05) is 35.4 Å². The molecular formula is C16H18BrI. The lowest BCUT2D eigenvalue weighted by Gasteiger charge is -1.98. The monoisotopic (exact) mass is 416 g/mol. The van der Waals surface area contributed by atoms with Gasteiger partial charge in [-0.2, -0.15) is 0 Å². The summed E-state index contributed by atoms with van der Waals surface area (Å²) < 4.78 is 3.09. The van der Waals surface area contributed by atoms with Crippen molar-refractivity contribution in [1.82, 2.24) is 0 Å². The standard InChI is InChI=1S/C16H18I.BrH/c1-11-5-7-15(13(3)9-11)17-16-8-6-12(2)10-14(16)4;/h5-10H,1-4H3;1H/q+1;/p-1. The lowest BCUT2D eigenvalue weighted by atomic mass is 10.2. The highest BCUT2D eigenvalue weighted by atomic mass is 127. The molecule has 0 saturated carbocycles. The van der Waals surface area contributed by atoms with Crippen molar-refractivity contribution >= 4 is 0 Å². The fourth-order valence-electron chi connectivity index (χ4n) is 1.91. The minimum absolute atomic E-state index is 0. The number of hydrogen-bond donors (Lipinski definition) is 0. The molecule has 0 heterocycles. The Balaban J connectivity index is 0.00000162. The van der Waals surface area contributed by atoms with Crippen molar-refractivity contribution in [3.8, 4) is 0 Å². The fourth-order valence-corrected chi connectivity index (χ4v) is 4.42. The van der Waals surface area contributed by atoms with E-state index in [0.29, 0.717) is 0 Å². The van der Waals surface area contributed by atoms with Crippen LogP contribution in [0, 0.1) is 34.8 Å². The maximum Gasteiger partial charge on any atom is 0.358 e. The van der Waals surface area contributed by atoms with Crippen LogP contribution in [0.4, 0.5) is 0 Å². The molecule has 0 fully saturated rings. The molecule has 2 aromatic rings. The highest BCUT2D eigenvalue weighted by Crippen LogP contribution is 2.04. The van der Waals surface area contributed by atoms with Crippen molar-refractivity contribution in [1.29, 1.82) is 0 Å². The zero-order valence-electron chi connectivity index (χ0n) is 11.2. The molecule has 0 aliphatic rings. The second-order valence-corrected chi connectivity index (χ2v) is 7.46. The van der Waals surface area contributed by atoms with Crippen LogP contribution in [0.1, 0.15) is 22.3 Å². The van der Waals surface area contributed by atoms with E-state index in [-0.39, 0.29) is 38.2 Å². The van der Waals surface area contributed by atoms with E-state index in [1.807, 2.05) is 0 Å². The predicted molar refractivity (Wildman–Crippen MR) is 69.2 cm³/mol. The summed E-state index contributed by atoms with van der Waals surface area (Å²) in [6.07, 6.45) is 0. The topological polar surface area (TPSA) is 0 Å². The third kappa shape index (κ3) is 3.82. The third-order valence-electron chi connectivity index (χ3n) is 2.83. The molecule has 0 radical (unpaired) electrons. The molecule has 0 amide bonds. The van der Waals surface area contributed by atoms with E-state index in [1.165, 1.54) is 22.3 Å². The largest absolute Gasteiger partial charge is 1.00 e. The molecule has 0 saturated heterocycles. The summed E-state index contributed by atoms with van der Waals surface area (Å²) in [4.78, 5) is 0. The van der Waals surface area contributed by atoms with Crippen LogP contribution in [0.5, 0.6) is 0 Å². The molecule has 0 aromatic heterocycles. The van der Waals surface area contributed by atoms with E-state index in [2.05, 4.69) is 64.1 Å². The van der Waals surface area contributed by atoms with Gasteiger partial charge in [-0.3, -0.25) is 0 Å². The summed E-state index contributed by atoms with van der Waals surface area (Å²) in [5.41, 5.74) is 5.60. The molecule has 0 N–H and O–H groups in total. The smallest absolute Gasteiger partial charge is 0.358 e. The van der Waals surface area contributed by atoms with Crippen LogP contribution in [-0.4, -0.2) is 0 Å². The van der Waals surface area contributed by atoms with Crippen molar-refractivity contribution in [3.63, 3.8) is 0 Å². The second-order valence-electron chi connectivity index (χ2n) is 4.60. The molecule has 0 aliphatic carbocycles. The van der Waals surface area contributed by atoms with E-state index in [9.17, 15) is 0 Å². The van der Waals surface area contributed by atoms with Crippen LogP contribution in [0.3, 0.4) is 0 Å². The van der Waals surface area contributed by atoms with Crippen molar-refractivity contribution in [2.24, 2.45) is 0 Å². The zero-order chi connectivity index (χ0) is 12.4. The van der Waals surface area contributed by atoms with E-state index >= 15 is 0 Å². The van der Waals surface area contributed by atoms with Gasteiger partial charge < -0.3 is 17.0 Å². The van der Waals surface area contributed by atoms with Gasteiger partial charge in [0, 0.05) is 11.1 Å². The van der Waals surface area contributed by atoms with Crippen molar-refractivity contribution in [2.75, 3.05) is 0 Å². The molecule has 0 spiro atoms. The molecule has 18 heavy (non-hydrogen) atoms. The van der Waals surface area contributed by atoms with Crippen LogP contribution < -0.4 is 38.2 Å². The molecule has 2 heteroatoms. The Morgan fingerprint density at radius 1 is 0.667 bits per heavy atom. The Hall–Kier alpha value is -0.350. The van der Waals surface area contributed by atoms with Crippen LogP contribution in [0.25, 0.3) is 0 Å². The van der Waals surface area contributed by atoms with Gasteiger partial charge in [0.1, 0.15) is 0 Å². The van der Waals surface area contributed by atoms with Crippen LogP contribution in [0.2, 0.25) is 0 Å². The van der Waals surface area contributed by atoms with E-state index in [4.69, 9.17) is 0 Å². The summed E-state index contributed by atoms with van der Waals surface area (Å²) in [5, 5.41) is 0. The van der Waals surface area contributed by atoms with E-state index < -0.39 is 0 Å². The summed E-state index contributed by atoms with van der Waals surface area (Å²) >= 11 is -0.0403. The highest BCUT2D eigenvalue weighted by Gasteiger charge is 2.20. The predicted octanol–water partition coefficient (Wildman–Crippen LogP) is -1.95. The normalized spacial score (nSPS) is 10.0. The maximum absolute atomic E-state index is 2.30. The van der Waals surface area contributed by atoms with Crippen molar-refractivity contribution in [2.45, 2.75) is 27.7 Å². The Morgan fingerprint density at radius 3 is 1.39 bits per heavy atom. The molecular weight excluding hydrogens is 399 g/mol. The van der Waals surface area contributed by atoms with Crippen LogP contribution in [-0.2, 0) is 0 Å². The number of aryl methyl sites for hydroxylation is 4. The number of benzene rings is 2. The minimum atomic E-state index is -0.0403. The molecule has 0 aliphatic heterocycles. The quantitative estimate of drug-likeness (QED) is 0.499. The van der Waals surface area contributed by atoms with E-state index in [1.54, 1.807) is 7.14 Å². The maximum atomic E-state index is 2.30. The molecule has 0 bridgehead atoms. The van der Waals surface area contributed by atoms with Gasteiger partial charge in [-0.15, -0.1) is 0 Å². The van der Waals surface area contributed by atoms with Crippen molar-refractivity contribution in [3.05, 3.63) is 65.8 Å². The van der Waals surface area contributed by atoms with Gasteiger partial charge in [0.05, 0.1) is 0 Å². The Bertz CT molecular complexity index is 497. The molecule has 0 atom stereocenters. The summed E-state index contributed by atoms with van der Waals surface area (Å²) in [7, 11) is 0. The van der Waals surface area contributed by atoms with Gasteiger partial charge in [0.15, 0.2) is 7.14 Å². The lowest BCUT2D eigenvalue weighted by Crippen LogP contribution is -3.62. The van der Waals surface area contributed by atoms with Gasteiger partial charge in [0.2, 0.25) is 0 Å². The minimum Gasteiger partial charge on any atom is -1.00 e. The number of halogens is 2. The van der Waals surface area contributed by atoms with Gasteiger partial charge >= 0.3 is 21.2 Å². The highest BCUT2D eigenvalue weighted by molar-refractivity contribution is 5.22. The summed E-state index contributed by atoms with van der Waals surface area (Å²) in [5.74, 6) is 0. The Kier molecular flexibility index (Phi) is 5.86. The number of rotatable bonds is 2. The first-order chi connectivity index (χ1) is 8.06. The van der Waals surface area contributed by atoms with Gasteiger partial charge in [-0.05, 0) is 39.8 Å².